The van der Waals surface area contributed by atoms with Gasteiger partial charge in [-0.1, -0.05) is 28.1 Å². The summed E-state index contributed by atoms with van der Waals surface area (Å²) in [7, 11) is 0. The number of hydrogen-bond donors (Lipinski definition) is 0. The number of imide groups is 1. The molecule has 96 valence electrons. The highest BCUT2D eigenvalue weighted by molar-refractivity contribution is 9.10. The van der Waals surface area contributed by atoms with Gasteiger partial charge < -0.3 is 4.74 Å². The zero-order chi connectivity index (χ0) is 13.5. The number of alkyl halides is 1. The van der Waals surface area contributed by atoms with Crippen LogP contribution in [-0.2, 0) is 4.79 Å². The molecule has 0 N–H and O–H groups in total. The average molecular weight is 312 g/mol. The van der Waals surface area contributed by atoms with Crippen molar-refractivity contribution < 1.29 is 14.3 Å². The summed E-state index contributed by atoms with van der Waals surface area (Å²) in [6.45, 7) is 5.09. The summed E-state index contributed by atoms with van der Waals surface area (Å²) in [4.78, 5) is 25.2. The number of hydrogen-bond acceptors (Lipinski definition) is 3. The molecule has 18 heavy (non-hydrogen) atoms. The lowest BCUT2D eigenvalue weighted by Gasteiger charge is -2.41. The lowest BCUT2D eigenvalue weighted by molar-refractivity contribution is -0.142. The van der Waals surface area contributed by atoms with Gasteiger partial charge in [0.25, 0.3) is 5.91 Å². The van der Waals surface area contributed by atoms with E-state index in [4.69, 9.17) is 4.74 Å². The van der Waals surface area contributed by atoms with Crippen LogP contribution in [0.2, 0.25) is 0 Å². The third kappa shape index (κ3) is 2.03. The number of amides is 2. The summed E-state index contributed by atoms with van der Waals surface area (Å²) >= 11 is 3.20. The molecule has 0 saturated heterocycles. The minimum absolute atomic E-state index is 0.306. The molecular weight excluding hydrogens is 298 g/mol. The van der Waals surface area contributed by atoms with Gasteiger partial charge in [0, 0.05) is 0 Å². The van der Waals surface area contributed by atoms with Crippen LogP contribution in [0.1, 0.15) is 31.1 Å². The van der Waals surface area contributed by atoms with E-state index in [9.17, 15) is 9.59 Å². The molecule has 4 nitrogen and oxygen atoms in total. The van der Waals surface area contributed by atoms with Crippen LogP contribution in [0, 0.1) is 0 Å². The predicted molar refractivity (Wildman–Crippen MR) is 70.7 cm³/mol. The molecule has 2 rings (SSSR count). The summed E-state index contributed by atoms with van der Waals surface area (Å²) in [6.07, 6.45) is 0. The van der Waals surface area contributed by atoms with Crippen molar-refractivity contribution in [3.8, 4) is 5.75 Å². The molecule has 1 aliphatic rings. The quantitative estimate of drug-likeness (QED) is 0.749. The van der Waals surface area contributed by atoms with Crippen LogP contribution in [0.25, 0.3) is 0 Å². The number of carbonyl (C=O) groups excluding carboxylic acids is 2. The van der Waals surface area contributed by atoms with Crippen molar-refractivity contribution in [2.24, 2.45) is 0 Å². The Hall–Kier alpha value is -1.36. The molecule has 0 radical (unpaired) electrons. The monoisotopic (exact) mass is 311 g/mol. The molecule has 5 heteroatoms. The van der Waals surface area contributed by atoms with Gasteiger partial charge in [0.1, 0.15) is 5.75 Å². The zero-order valence-corrected chi connectivity index (χ0v) is 12.0. The van der Waals surface area contributed by atoms with E-state index >= 15 is 0 Å². The number of ether oxygens (including phenoxy) is 1. The largest absolute Gasteiger partial charge is 0.467 e. The van der Waals surface area contributed by atoms with Crippen LogP contribution >= 0.6 is 15.9 Å². The van der Waals surface area contributed by atoms with E-state index in [1.54, 1.807) is 45.0 Å². The Morgan fingerprint density at radius 2 is 2.00 bits per heavy atom. The summed E-state index contributed by atoms with van der Waals surface area (Å²) in [5.41, 5.74) is -0.566. The molecule has 1 aromatic rings. The smallest absolute Gasteiger partial charge is 0.267 e. The Bertz CT molecular complexity index is 511. The normalized spacial score (nSPS) is 18.9. The van der Waals surface area contributed by atoms with Gasteiger partial charge in [0.2, 0.25) is 5.91 Å². The predicted octanol–water partition coefficient (Wildman–Crippen LogP) is 2.57. The fraction of sp³-hybridized carbons (Fsp3) is 0.385. The van der Waals surface area contributed by atoms with Crippen molar-refractivity contribution in [2.45, 2.75) is 31.3 Å². The zero-order valence-electron chi connectivity index (χ0n) is 10.4. The van der Waals surface area contributed by atoms with Crippen molar-refractivity contribution in [3.63, 3.8) is 0 Å². The van der Waals surface area contributed by atoms with Gasteiger partial charge >= 0.3 is 0 Å². The molecule has 1 heterocycles. The Morgan fingerprint density at radius 1 is 1.39 bits per heavy atom. The number of fused-ring (bicyclic) bond motifs is 1. The van der Waals surface area contributed by atoms with Crippen LogP contribution in [0.5, 0.6) is 5.75 Å². The van der Waals surface area contributed by atoms with E-state index in [0.29, 0.717) is 11.3 Å². The van der Waals surface area contributed by atoms with Gasteiger partial charge in [0.05, 0.1) is 10.4 Å². The molecule has 0 bridgehead atoms. The van der Waals surface area contributed by atoms with E-state index in [-0.39, 0.29) is 11.8 Å². The molecule has 1 unspecified atom stereocenters. The number of halogens is 1. The lowest BCUT2D eigenvalue weighted by atomic mass is 10.1. The maximum atomic E-state index is 12.4. The third-order valence-electron chi connectivity index (χ3n) is 2.78. The van der Waals surface area contributed by atoms with E-state index in [2.05, 4.69) is 15.9 Å². The summed E-state index contributed by atoms with van der Waals surface area (Å²) < 4.78 is 5.74. The minimum Gasteiger partial charge on any atom is -0.467 e. The molecule has 2 amide bonds. The number of nitrogens with zero attached hydrogens (tertiary/aromatic N) is 1. The number of para-hydroxylation sites is 1. The summed E-state index contributed by atoms with van der Waals surface area (Å²) in [5, 5.41) is 0. The third-order valence-corrected chi connectivity index (χ3v) is 3.17. The van der Waals surface area contributed by atoms with Gasteiger partial charge in [-0.3, -0.25) is 9.59 Å². The van der Waals surface area contributed by atoms with Gasteiger partial charge in [-0.2, -0.15) is 0 Å². The fourth-order valence-corrected chi connectivity index (χ4v) is 2.16. The standard InChI is InChI=1S/C13H14BrNO3/c1-8(14)11(16)15-12(17)9-6-4-5-7-10(9)18-13(15,2)3/h4-8H,1-3H3. The molecule has 0 saturated carbocycles. The summed E-state index contributed by atoms with van der Waals surface area (Å²) in [5.74, 6) is -0.114. The number of benzene rings is 1. The highest BCUT2D eigenvalue weighted by Gasteiger charge is 2.44. The molecule has 0 spiro atoms. The van der Waals surface area contributed by atoms with Gasteiger partial charge in [0.15, 0.2) is 5.72 Å². The molecule has 0 aromatic heterocycles. The maximum Gasteiger partial charge on any atom is 0.267 e. The van der Waals surface area contributed by atoms with Crippen molar-refractivity contribution >= 4 is 27.7 Å². The Morgan fingerprint density at radius 3 is 2.61 bits per heavy atom. The van der Waals surface area contributed by atoms with E-state index in [1.807, 2.05) is 0 Å². The second-order valence-electron chi connectivity index (χ2n) is 4.64. The van der Waals surface area contributed by atoms with E-state index in [0.717, 1.165) is 4.90 Å². The highest BCUT2D eigenvalue weighted by Crippen LogP contribution is 2.33. The van der Waals surface area contributed by atoms with Crippen molar-refractivity contribution in [1.82, 2.24) is 4.90 Å². The van der Waals surface area contributed by atoms with Gasteiger partial charge in [-0.15, -0.1) is 0 Å². The minimum atomic E-state index is -0.982. The molecule has 0 fully saturated rings. The average Bonchev–Trinajstić information content (AvgIpc) is 2.27. The fourth-order valence-electron chi connectivity index (χ4n) is 1.96. The second-order valence-corrected chi connectivity index (χ2v) is 6.01. The van der Waals surface area contributed by atoms with Crippen LogP contribution in [0.4, 0.5) is 0 Å². The number of rotatable bonds is 1. The van der Waals surface area contributed by atoms with Crippen molar-refractivity contribution in [1.29, 1.82) is 0 Å². The molecule has 1 aliphatic heterocycles. The van der Waals surface area contributed by atoms with Gasteiger partial charge in [-0.25, -0.2) is 4.90 Å². The van der Waals surface area contributed by atoms with Crippen LogP contribution in [-0.4, -0.2) is 27.3 Å². The lowest BCUT2D eigenvalue weighted by Crippen LogP contribution is -2.58. The molecule has 1 aromatic carbocycles. The van der Waals surface area contributed by atoms with Gasteiger partial charge in [-0.05, 0) is 32.9 Å². The SMILES string of the molecule is CC(Br)C(=O)N1C(=O)c2ccccc2OC1(C)C. The summed E-state index contributed by atoms with van der Waals surface area (Å²) in [6, 6.07) is 6.94. The molecule has 1 atom stereocenters. The Labute approximate surface area is 114 Å². The molecular formula is C13H14BrNO3. The first-order chi connectivity index (χ1) is 8.34. The Balaban J connectivity index is 2.50. The first-order valence-corrected chi connectivity index (χ1v) is 6.56. The first-order valence-electron chi connectivity index (χ1n) is 5.65. The van der Waals surface area contributed by atoms with Crippen molar-refractivity contribution in [2.75, 3.05) is 0 Å². The van der Waals surface area contributed by atoms with E-state index < -0.39 is 10.6 Å². The van der Waals surface area contributed by atoms with Crippen LogP contribution in [0.15, 0.2) is 24.3 Å². The maximum absolute atomic E-state index is 12.4. The van der Waals surface area contributed by atoms with E-state index in [1.165, 1.54) is 0 Å². The highest BCUT2D eigenvalue weighted by atomic mass is 79.9. The first kappa shape index (κ1) is 13.1. The van der Waals surface area contributed by atoms with Crippen LogP contribution < -0.4 is 4.74 Å². The second kappa shape index (κ2) is 4.39. The van der Waals surface area contributed by atoms with Crippen LogP contribution in [0.3, 0.4) is 0 Å². The molecule has 0 aliphatic carbocycles. The Kier molecular flexibility index (Phi) is 3.19. The topological polar surface area (TPSA) is 46.6 Å². The number of carbonyl (C=O) groups is 2. The van der Waals surface area contributed by atoms with Crippen molar-refractivity contribution in [3.05, 3.63) is 29.8 Å².